The van der Waals surface area contributed by atoms with E-state index in [2.05, 4.69) is 4.99 Å². The van der Waals surface area contributed by atoms with Gasteiger partial charge in [-0.3, -0.25) is 4.99 Å². The van der Waals surface area contributed by atoms with Gasteiger partial charge in [0.1, 0.15) is 5.75 Å². The van der Waals surface area contributed by atoms with E-state index in [9.17, 15) is 5.11 Å². The SMILES string of the molecule is CC.CC.Cc1ccc(N=Cc2cc(O)ccc2N)cc1.[Ir]. The molecule has 0 atom stereocenters. The molecule has 0 fully saturated rings. The Kier molecular flexibility index (Phi) is 13.4. The Morgan fingerprint density at radius 3 is 2.05 bits per heavy atom. The van der Waals surface area contributed by atoms with Crippen molar-refractivity contribution in [1.29, 1.82) is 0 Å². The Morgan fingerprint density at radius 2 is 1.50 bits per heavy atom. The number of hydrogen-bond donors (Lipinski definition) is 2. The van der Waals surface area contributed by atoms with Crippen LogP contribution in [0.3, 0.4) is 0 Å². The predicted molar refractivity (Wildman–Crippen MR) is 93.6 cm³/mol. The molecule has 2 rings (SSSR count). The van der Waals surface area contributed by atoms with Crippen LogP contribution in [0.1, 0.15) is 38.8 Å². The Bertz CT molecular complexity index is 552. The third kappa shape index (κ3) is 7.96. The summed E-state index contributed by atoms with van der Waals surface area (Å²) in [6.07, 6.45) is 1.65. The maximum atomic E-state index is 9.35. The minimum Gasteiger partial charge on any atom is -0.508 e. The van der Waals surface area contributed by atoms with Crippen LogP contribution < -0.4 is 5.73 Å². The normalized spacial score (nSPS) is 8.95. The van der Waals surface area contributed by atoms with Crippen molar-refractivity contribution in [3.8, 4) is 5.75 Å². The van der Waals surface area contributed by atoms with Crippen molar-refractivity contribution in [2.24, 2.45) is 4.99 Å². The smallest absolute Gasteiger partial charge is 0.116 e. The summed E-state index contributed by atoms with van der Waals surface area (Å²) in [6, 6.07) is 12.7. The molecule has 0 aromatic heterocycles. The fraction of sp³-hybridized carbons (Fsp3) is 0.278. The summed E-state index contributed by atoms with van der Waals surface area (Å²) < 4.78 is 0. The van der Waals surface area contributed by atoms with Crippen molar-refractivity contribution < 1.29 is 25.2 Å². The van der Waals surface area contributed by atoms with Crippen molar-refractivity contribution in [3.05, 3.63) is 53.6 Å². The van der Waals surface area contributed by atoms with Crippen LogP contribution in [-0.4, -0.2) is 11.3 Å². The fourth-order valence-electron chi connectivity index (χ4n) is 1.45. The number of aryl methyl sites for hydroxylation is 1. The van der Waals surface area contributed by atoms with Crippen LogP contribution in [0.4, 0.5) is 11.4 Å². The molecule has 0 spiro atoms. The van der Waals surface area contributed by atoms with Crippen LogP contribution in [0, 0.1) is 6.92 Å². The molecule has 0 aliphatic rings. The summed E-state index contributed by atoms with van der Waals surface area (Å²) in [5.74, 6) is 0.185. The van der Waals surface area contributed by atoms with Gasteiger partial charge < -0.3 is 10.8 Å². The van der Waals surface area contributed by atoms with Gasteiger partial charge in [-0.05, 0) is 37.3 Å². The summed E-state index contributed by atoms with van der Waals surface area (Å²) in [5.41, 5.74) is 9.14. The van der Waals surface area contributed by atoms with Crippen LogP contribution in [0.25, 0.3) is 0 Å². The summed E-state index contributed by atoms with van der Waals surface area (Å²) >= 11 is 0. The molecule has 22 heavy (non-hydrogen) atoms. The summed E-state index contributed by atoms with van der Waals surface area (Å²) in [7, 11) is 0. The Morgan fingerprint density at radius 1 is 0.955 bits per heavy atom. The molecule has 3 nitrogen and oxygen atoms in total. The van der Waals surface area contributed by atoms with Gasteiger partial charge in [0.2, 0.25) is 0 Å². The molecular formula is C18H26IrN2O. The zero-order valence-corrected chi connectivity index (χ0v) is 16.3. The fourth-order valence-corrected chi connectivity index (χ4v) is 1.45. The average molecular weight is 479 g/mol. The van der Waals surface area contributed by atoms with Crippen LogP contribution in [-0.2, 0) is 20.1 Å². The van der Waals surface area contributed by atoms with E-state index in [0.717, 1.165) is 5.69 Å². The molecule has 3 N–H and O–H groups in total. The number of anilines is 1. The number of rotatable bonds is 2. The minimum atomic E-state index is 0. The first-order valence-corrected chi connectivity index (χ1v) is 7.34. The number of benzene rings is 2. The summed E-state index contributed by atoms with van der Waals surface area (Å²) in [4.78, 5) is 4.30. The standard InChI is InChI=1S/C14H14N2O.2C2H6.Ir/c1-10-2-4-12(5-3-10)16-9-11-8-13(17)6-7-14(11)15;2*1-2;/h2-9,17H,15H2,1H3;2*1-2H3;. The van der Waals surface area contributed by atoms with Crippen LogP contribution in [0.15, 0.2) is 47.5 Å². The number of aliphatic imine (C=N–C) groups is 1. The monoisotopic (exact) mass is 479 g/mol. The molecule has 0 unspecified atom stereocenters. The first kappa shape index (κ1) is 22.6. The van der Waals surface area contributed by atoms with Gasteiger partial charge in [0, 0.05) is 37.6 Å². The maximum Gasteiger partial charge on any atom is 0.116 e. The Labute approximate surface area is 147 Å². The zero-order chi connectivity index (χ0) is 16.3. The number of nitrogens with zero attached hydrogens (tertiary/aromatic N) is 1. The van der Waals surface area contributed by atoms with Crippen molar-refractivity contribution in [1.82, 2.24) is 0 Å². The molecule has 0 saturated carbocycles. The molecule has 1 radical (unpaired) electrons. The molecule has 0 aliphatic carbocycles. The van der Waals surface area contributed by atoms with Crippen molar-refractivity contribution in [3.63, 3.8) is 0 Å². The number of phenols is 1. The Balaban J connectivity index is 0. The molecular weight excluding hydrogens is 452 g/mol. The molecule has 0 heterocycles. The molecule has 0 amide bonds. The molecule has 0 bridgehead atoms. The molecule has 0 saturated heterocycles. The third-order valence-corrected chi connectivity index (χ3v) is 2.46. The predicted octanol–water partition coefficient (Wildman–Crippen LogP) is 5.08. The van der Waals surface area contributed by atoms with E-state index in [0.29, 0.717) is 11.3 Å². The van der Waals surface area contributed by atoms with E-state index >= 15 is 0 Å². The van der Waals surface area contributed by atoms with Gasteiger partial charge in [-0.25, -0.2) is 0 Å². The number of nitrogens with two attached hydrogens (primary N) is 1. The zero-order valence-electron chi connectivity index (χ0n) is 13.9. The van der Waals surface area contributed by atoms with Crippen molar-refractivity contribution in [2.75, 3.05) is 5.73 Å². The topological polar surface area (TPSA) is 58.6 Å². The van der Waals surface area contributed by atoms with Gasteiger partial charge in [0.05, 0.1) is 5.69 Å². The minimum absolute atomic E-state index is 0. The first-order valence-electron chi connectivity index (χ1n) is 7.34. The van der Waals surface area contributed by atoms with Crippen LogP contribution in [0.2, 0.25) is 0 Å². The van der Waals surface area contributed by atoms with Gasteiger partial charge in [-0.1, -0.05) is 45.4 Å². The van der Waals surface area contributed by atoms with E-state index in [-0.39, 0.29) is 25.9 Å². The first-order chi connectivity index (χ1) is 10.1. The molecule has 4 heteroatoms. The second kappa shape index (κ2) is 13.1. The van der Waals surface area contributed by atoms with Crippen molar-refractivity contribution in [2.45, 2.75) is 34.6 Å². The second-order valence-corrected chi connectivity index (χ2v) is 3.91. The van der Waals surface area contributed by atoms with Gasteiger partial charge in [-0.2, -0.15) is 0 Å². The maximum absolute atomic E-state index is 9.35. The van der Waals surface area contributed by atoms with Gasteiger partial charge in [-0.15, -0.1) is 0 Å². The van der Waals surface area contributed by atoms with E-state index < -0.39 is 0 Å². The van der Waals surface area contributed by atoms with E-state index in [4.69, 9.17) is 5.73 Å². The van der Waals surface area contributed by atoms with Crippen LogP contribution >= 0.6 is 0 Å². The number of aromatic hydroxyl groups is 1. The van der Waals surface area contributed by atoms with Crippen LogP contribution in [0.5, 0.6) is 5.75 Å². The number of hydrogen-bond acceptors (Lipinski definition) is 3. The molecule has 123 valence electrons. The van der Waals surface area contributed by atoms with E-state index in [1.54, 1.807) is 24.4 Å². The van der Waals surface area contributed by atoms with Gasteiger partial charge in [0.15, 0.2) is 0 Å². The van der Waals surface area contributed by atoms with E-state index in [1.165, 1.54) is 5.56 Å². The Hall–Kier alpha value is -1.64. The van der Waals surface area contributed by atoms with E-state index in [1.807, 2.05) is 58.9 Å². The second-order valence-electron chi connectivity index (χ2n) is 3.91. The molecule has 2 aromatic carbocycles. The third-order valence-electron chi connectivity index (χ3n) is 2.46. The largest absolute Gasteiger partial charge is 0.508 e. The summed E-state index contributed by atoms with van der Waals surface area (Å²) in [6.45, 7) is 10.0. The summed E-state index contributed by atoms with van der Waals surface area (Å²) in [5, 5.41) is 9.35. The van der Waals surface area contributed by atoms with Gasteiger partial charge in [0.25, 0.3) is 0 Å². The van der Waals surface area contributed by atoms with Crippen molar-refractivity contribution >= 4 is 17.6 Å². The van der Waals surface area contributed by atoms with Gasteiger partial charge >= 0.3 is 0 Å². The molecule has 2 aromatic rings. The number of nitrogen functional groups attached to an aromatic ring is 1. The quantitative estimate of drug-likeness (QED) is 0.359. The average Bonchev–Trinajstić information content (AvgIpc) is 2.54. The molecule has 0 aliphatic heterocycles. The number of phenolic OH excluding ortho intramolecular Hbond substituents is 1.